The van der Waals surface area contributed by atoms with Gasteiger partial charge in [0, 0.05) is 18.7 Å². The van der Waals surface area contributed by atoms with Gasteiger partial charge in [-0.25, -0.2) is 9.98 Å². The van der Waals surface area contributed by atoms with Crippen LogP contribution in [-0.2, 0) is 13.0 Å². The van der Waals surface area contributed by atoms with Crippen LogP contribution in [0, 0.1) is 0 Å². The van der Waals surface area contributed by atoms with E-state index in [0.717, 1.165) is 30.8 Å². The lowest BCUT2D eigenvalue weighted by atomic mass is 9.98. The van der Waals surface area contributed by atoms with Crippen LogP contribution in [0.1, 0.15) is 11.1 Å². The molecule has 3 aliphatic rings. The summed E-state index contributed by atoms with van der Waals surface area (Å²) in [7, 11) is 0. The maximum Gasteiger partial charge on any atom is 0.219 e. The van der Waals surface area contributed by atoms with E-state index in [2.05, 4.69) is 39.2 Å². The Morgan fingerprint density at radius 2 is 2.05 bits per heavy atom. The van der Waals surface area contributed by atoms with Gasteiger partial charge in [-0.15, -0.1) is 0 Å². The first kappa shape index (κ1) is 12.1. The second-order valence-corrected chi connectivity index (χ2v) is 5.75. The Labute approximate surface area is 123 Å². The Bertz CT molecular complexity index is 687. The van der Waals surface area contributed by atoms with Crippen molar-refractivity contribution in [3.05, 3.63) is 59.2 Å². The molecule has 1 aromatic rings. The van der Waals surface area contributed by atoms with Crippen molar-refractivity contribution in [2.24, 2.45) is 9.98 Å². The van der Waals surface area contributed by atoms with Crippen molar-refractivity contribution in [3.8, 4) is 0 Å². The minimum Gasteiger partial charge on any atom is -0.258 e. The van der Waals surface area contributed by atoms with Gasteiger partial charge in [0.15, 0.2) is 0 Å². The summed E-state index contributed by atoms with van der Waals surface area (Å²) in [6, 6.07) is 8.54. The Balaban J connectivity index is 1.69. The molecule has 2 aliphatic heterocycles. The van der Waals surface area contributed by atoms with Gasteiger partial charge in [-0.1, -0.05) is 48.0 Å². The summed E-state index contributed by atoms with van der Waals surface area (Å²) in [5.41, 5.74) is 4.66. The topological polar surface area (TPSA) is 28.0 Å². The summed E-state index contributed by atoms with van der Waals surface area (Å²) in [6.45, 7) is 1.73. The van der Waals surface area contributed by atoms with Crippen molar-refractivity contribution < 1.29 is 0 Å². The fourth-order valence-corrected chi connectivity index (χ4v) is 3.38. The molecule has 0 bridgehead atoms. The summed E-state index contributed by atoms with van der Waals surface area (Å²) in [5, 5.41) is -0.811. The van der Waals surface area contributed by atoms with E-state index in [4.69, 9.17) is 11.6 Å². The molecule has 4 rings (SSSR count). The SMILES string of the molecule is ClC1(N2CCc3ccccc3C2)N=CN=C2C=CC=C21. The molecule has 0 saturated heterocycles. The lowest BCUT2D eigenvalue weighted by molar-refractivity contribution is 0.181. The molecule has 20 heavy (non-hydrogen) atoms. The number of aliphatic imine (C=N–C) groups is 2. The predicted octanol–water partition coefficient (Wildman–Crippen LogP) is 2.92. The van der Waals surface area contributed by atoms with Crippen LogP contribution in [0.4, 0.5) is 0 Å². The zero-order chi connectivity index (χ0) is 13.6. The molecule has 3 nitrogen and oxygen atoms in total. The summed E-state index contributed by atoms with van der Waals surface area (Å²) in [4.78, 5) is 11.0. The first-order valence-corrected chi connectivity index (χ1v) is 7.17. The van der Waals surface area contributed by atoms with Crippen LogP contribution in [-0.4, -0.2) is 28.6 Å². The number of allylic oxidation sites excluding steroid dienone is 3. The van der Waals surface area contributed by atoms with Gasteiger partial charge in [0.1, 0.15) is 6.34 Å². The largest absolute Gasteiger partial charge is 0.258 e. The Morgan fingerprint density at radius 1 is 1.20 bits per heavy atom. The van der Waals surface area contributed by atoms with Gasteiger partial charge in [-0.3, -0.25) is 4.90 Å². The van der Waals surface area contributed by atoms with Gasteiger partial charge in [-0.05, 0) is 23.6 Å². The van der Waals surface area contributed by atoms with Gasteiger partial charge in [0.05, 0.1) is 5.71 Å². The Kier molecular flexibility index (Phi) is 2.65. The molecule has 0 spiro atoms. The maximum atomic E-state index is 6.86. The molecule has 1 atom stereocenters. The summed E-state index contributed by atoms with van der Waals surface area (Å²) < 4.78 is 0. The highest BCUT2D eigenvalue weighted by Gasteiger charge is 2.42. The minimum atomic E-state index is -0.811. The van der Waals surface area contributed by atoms with E-state index in [0.29, 0.717) is 0 Å². The highest BCUT2D eigenvalue weighted by molar-refractivity contribution is 6.33. The molecule has 0 fully saturated rings. The zero-order valence-corrected chi connectivity index (χ0v) is 11.7. The molecule has 0 saturated carbocycles. The van der Waals surface area contributed by atoms with Crippen molar-refractivity contribution in [2.45, 2.75) is 18.1 Å². The van der Waals surface area contributed by atoms with E-state index in [1.54, 1.807) is 6.34 Å². The lowest BCUT2D eigenvalue weighted by Crippen LogP contribution is -2.49. The fourth-order valence-electron chi connectivity index (χ4n) is 3.03. The van der Waals surface area contributed by atoms with E-state index in [1.807, 2.05) is 18.2 Å². The highest BCUT2D eigenvalue weighted by atomic mass is 35.5. The summed E-state index contributed by atoms with van der Waals surface area (Å²) >= 11 is 6.86. The van der Waals surface area contributed by atoms with E-state index in [1.165, 1.54) is 11.1 Å². The van der Waals surface area contributed by atoms with Crippen molar-refractivity contribution in [1.82, 2.24) is 4.90 Å². The van der Waals surface area contributed by atoms with E-state index >= 15 is 0 Å². The molecule has 1 aromatic carbocycles. The number of fused-ring (bicyclic) bond motifs is 2. The number of halogens is 1. The molecular weight excluding hydrogens is 270 g/mol. The van der Waals surface area contributed by atoms with Gasteiger partial charge in [0.2, 0.25) is 5.12 Å². The molecular formula is C16H14ClN3. The monoisotopic (exact) mass is 283 g/mol. The third-order valence-corrected chi connectivity index (χ3v) is 4.65. The summed E-state index contributed by atoms with van der Waals surface area (Å²) in [5.74, 6) is 0. The summed E-state index contributed by atoms with van der Waals surface area (Å²) in [6.07, 6.45) is 8.57. The average Bonchev–Trinajstić information content (AvgIpc) is 2.97. The third kappa shape index (κ3) is 1.70. The predicted molar refractivity (Wildman–Crippen MR) is 82.3 cm³/mol. The van der Waals surface area contributed by atoms with Crippen molar-refractivity contribution in [2.75, 3.05) is 6.54 Å². The van der Waals surface area contributed by atoms with Gasteiger partial charge < -0.3 is 0 Å². The van der Waals surface area contributed by atoms with Crippen LogP contribution in [0.25, 0.3) is 0 Å². The lowest BCUT2D eigenvalue weighted by Gasteiger charge is -2.40. The third-order valence-electron chi connectivity index (χ3n) is 4.11. The number of hydrogen-bond acceptors (Lipinski definition) is 3. The zero-order valence-electron chi connectivity index (χ0n) is 11.0. The molecule has 1 unspecified atom stereocenters. The first-order chi connectivity index (χ1) is 9.77. The first-order valence-electron chi connectivity index (χ1n) is 6.79. The van der Waals surface area contributed by atoms with Gasteiger partial charge in [0.25, 0.3) is 0 Å². The van der Waals surface area contributed by atoms with Crippen molar-refractivity contribution in [1.29, 1.82) is 0 Å². The molecule has 4 heteroatoms. The Morgan fingerprint density at radius 3 is 2.95 bits per heavy atom. The van der Waals surface area contributed by atoms with E-state index in [-0.39, 0.29) is 0 Å². The second kappa shape index (κ2) is 4.40. The molecule has 0 aromatic heterocycles. The number of hydrogen-bond donors (Lipinski definition) is 0. The van der Waals surface area contributed by atoms with E-state index in [9.17, 15) is 0 Å². The van der Waals surface area contributed by atoms with Crippen LogP contribution in [0.15, 0.2) is 58.1 Å². The average molecular weight is 284 g/mol. The van der Waals surface area contributed by atoms with Crippen molar-refractivity contribution in [3.63, 3.8) is 0 Å². The van der Waals surface area contributed by atoms with Gasteiger partial charge in [-0.2, -0.15) is 0 Å². The van der Waals surface area contributed by atoms with E-state index < -0.39 is 5.12 Å². The quantitative estimate of drug-likeness (QED) is 0.575. The van der Waals surface area contributed by atoms with Crippen molar-refractivity contribution >= 4 is 23.7 Å². The van der Waals surface area contributed by atoms with Gasteiger partial charge >= 0.3 is 0 Å². The highest BCUT2D eigenvalue weighted by Crippen LogP contribution is 2.39. The maximum absolute atomic E-state index is 6.86. The molecule has 100 valence electrons. The molecule has 0 N–H and O–H groups in total. The second-order valence-electron chi connectivity index (χ2n) is 5.23. The van der Waals surface area contributed by atoms with Crippen LogP contribution < -0.4 is 0 Å². The van der Waals surface area contributed by atoms with Crippen LogP contribution in [0.3, 0.4) is 0 Å². The van der Waals surface area contributed by atoms with Crippen LogP contribution in [0.5, 0.6) is 0 Å². The number of rotatable bonds is 1. The molecule has 2 heterocycles. The normalized spacial score (nSPS) is 27.9. The molecule has 0 radical (unpaired) electrons. The molecule has 0 amide bonds. The fraction of sp³-hybridized carbons (Fsp3) is 0.250. The standard InChI is InChI=1S/C16H14ClN3/c17-16(14-6-3-7-15(14)18-11-19-16)20-9-8-12-4-1-2-5-13(12)10-20/h1-7,11H,8-10H2. The van der Waals surface area contributed by atoms with Crippen LogP contribution >= 0.6 is 11.6 Å². The number of benzene rings is 1. The molecule has 1 aliphatic carbocycles. The number of nitrogens with zero attached hydrogens (tertiary/aromatic N) is 3. The Hall–Kier alpha value is -1.71. The van der Waals surface area contributed by atoms with Crippen LogP contribution in [0.2, 0.25) is 0 Å². The number of alkyl halides is 1. The minimum absolute atomic E-state index is 0.811. The smallest absolute Gasteiger partial charge is 0.219 e.